The van der Waals surface area contributed by atoms with Gasteiger partial charge >= 0.3 is 0 Å². The number of ketones is 1. The molecule has 0 amide bonds. The Morgan fingerprint density at radius 3 is 2.38 bits per heavy atom. The zero-order valence-electron chi connectivity index (χ0n) is 18.8. The Morgan fingerprint density at radius 1 is 1.12 bits per heavy atom. The van der Waals surface area contributed by atoms with Crippen LogP contribution in [0.25, 0.3) is 11.6 Å². The summed E-state index contributed by atoms with van der Waals surface area (Å²) in [6.45, 7) is 8.86. The first kappa shape index (κ1) is 24.1. The van der Waals surface area contributed by atoms with Crippen molar-refractivity contribution in [1.82, 2.24) is 9.80 Å². The first-order valence-corrected chi connectivity index (χ1v) is 11.6. The minimum absolute atomic E-state index is 0.00863. The van der Waals surface area contributed by atoms with Gasteiger partial charge in [-0.05, 0) is 52.9 Å². The highest BCUT2D eigenvalue weighted by atomic mass is 79.9. The molecule has 0 aromatic heterocycles. The minimum Gasteiger partial charge on any atom is -0.371 e. The number of carbonyl (C=O) groups excluding carboxylic acids is 1. The monoisotopic (exact) mass is 496 g/mol. The van der Waals surface area contributed by atoms with Gasteiger partial charge in [-0.15, -0.1) is 0 Å². The average Bonchev–Trinajstić information content (AvgIpc) is 2.80. The second-order valence-electron chi connectivity index (χ2n) is 8.24. The molecule has 1 fully saturated rings. The third-order valence-corrected chi connectivity index (χ3v) is 6.79. The maximum atomic E-state index is 14.0. The molecule has 0 aliphatic carbocycles. The highest BCUT2D eigenvalue weighted by Gasteiger charge is 2.21. The zero-order chi connectivity index (χ0) is 23.1. The second kappa shape index (κ2) is 11.4. The molecule has 5 heteroatoms. The summed E-state index contributed by atoms with van der Waals surface area (Å²) >= 11 is 3.53. The number of nitrogens with zero attached hydrogens (tertiary/aromatic N) is 2. The number of likely N-dealkylation sites (N-methyl/N-ethyl adjacent to an activating group) is 1. The van der Waals surface area contributed by atoms with E-state index in [2.05, 4.69) is 32.3 Å². The lowest BCUT2D eigenvalue weighted by atomic mass is 10.0. The molecular weight excluding hydrogens is 467 g/mol. The van der Waals surface area contributed by atoms with Crippen molar-refractivity contribution < 1.29 is 9.18 Å². The van der Waals surface area contributed by atoms with E-state index in [1.807, 2.05) is 55.6 Å². The molecule has 2 aromatic rings. The number of carbonyl (C=O) groups is 1. The summed E-state index contributed by atoms with van der Waals surface area (Å²) in [4.78, 5) is 16.6. The smallest absolute Gasteiger partial charge is 0.168 e. The summed E-state index contributed by atoms with van der Waals surface area (Å²) in [5.41, 5.74) is 4.96. The quantitative estimate of drug-likeness (QED) is 0.409. The topological polar surface area (TPSA) is 23.6 Å². The SMILES string of the molecule is C=C(CN(C)/C(CN1CCC(=Cc2ccccc2F)CC1)=C(/Br)C(C)=O)c1ccccc1. The Labute approximate surface area is 199 Å². The highest BCUT2D eigenvalue weighted by Crippen LogP contribution is 2.25. The van der Waals surface area contributed by atoms with E-state index in [9.17, 15) is 9.18 Å². The lowest BCUT2D eigenvalue weighted by molar-refractivity contribution is -0.113. The van der Waals surface area contributed by atoms with Gasteiger partial charge in [0.25, 0.3) is 0 Å². The molecule has 0 unspecified atom stereocenters. The van der Waals surface area contributed by atoms with Gasteiger partial charge in [0.15, 0.2) is 5.78 Å². The first-order chi connectivity index (χ1) is 15.3. The normalized spacial score (nSPS) is 15.2. The van der Waals surface area contributed by atoms with E-state index in [0.29, 0.717) is 23.1 Å². The molecule has 0 spiro atoms. The van der Waals surface area contributed by atoms with Gasteiger partial charge in [0.1, 0.15) is 5.82 Å². The van der Waals surface area contributed by atoms with E-state index in [4.69, 9.17) is 0 Å². The lowest BCUT2D eigenvalue weighted by Gasteiger charge is -2.33. The van der Waals surface area contributed by atoms with Crippen LogP contribution in [0.4, 0.5) is 4.39 Å². The van der Waals surface area contributed by atoms with Gasteiger partial charge in [0, 0.05) is 44.5 Å². The molecule has 1 saturated heterocycles. The molecule has 32 heavy (non-hydrogen) atoms. The van der Waals surface area contributed by atoms with Crippen molar-refractivity contribution >= 4 is 33.4 Å². The van der Waals surface area contributed by atoms with Crippen molar-refractivity contribution in [3.05, 3.63) is 93.9 Å². The summed E-state index contributed by atoms with van der Waals surface area (Å²) in [6, 6.07) is 17.0. The molecule has 0 atom stereocenters. The van der Waals surface area contributed by atoms with E-state index in [0.717, 1.165) is 42.8 Å². The largest absolute Gasteiger partial charge is 0.371 e. The number of hydrogen-bond acceptors (Lipinski definition) is 3. The molecule has 3 rings (SSSR count). The van der Waals surface area contributed by atoms with Crippen molar-refractivity contribution in [3.63, 3.8) is 0 Å². The van der Waals surface area contributed by atoms with Crippen LogP contribution < -0.4 is 0 Å². The number of hydrogen-bond donors (Lipinski definition) is 0. The summed E-state index contributed by atoms with van der Waals surface area (Å²) in [5.74, 6) is -0.173. The number of benzene rings is 2. The second-order valence-corrected chi connectivity index (χ2v) is 9.04. The highest BCUT2D eigenvalue weighted by molar-refractivity contribution is 9.12. The van der Waals surface area contributed by atoms with Crippen molar-refractivity contribution in [2.24, 2.45) is 0 Å². The molecule has 1 aliphatic rings. The van der Waals surface area contributed by atoms with Gasteiger partial charge in [-0.3, -0.25) is 9.69 Å². The number of rotatable bonds is 8. The Kier molecular flexibility index (Phi) is 8.60. The van der Waals surface area contributed by atoms with Crippen molar-refractivity contribution in [2.75, 3.05) is 33.2 Å². The summed E-state index contributed by atoms with van der Waals surface area (Å²) in [6.07, 6.45) is 3.75. The Morgan fingerprint density at radius 2 is 1.75 bits per heavy atom. The predicted octanol–water partition coefficient (Wildman–Crippen LogP) is 6.15. The molecule has 168 valence electrons. The molecule has 0 N–H and O–H groups in total. The zero-order valence-corrected chi connectivity index (χ0v) is 20.4. The molecular formula is C27H30BrFN2O. The third-order valence-electron chi connectivity index (χ3n) is 5.77. The standard InChI is InChI=1S/C27H30BrFN2O/c1-20(23-9-5-4-6-10-23)18-30(3)26(27(28)21(2)32)19-31-15-13-22(14-16-31)17-24-11-7-8-12-25(24)29/h4-12,17H,1,13-16,18-19H2,2-3H3/b27-26+. The van der Waals surface area contributed by atoms with Crippen molar-refractivity contribution in [1.29, 1.82) is 0 Å². The van der Waals surface area contributed by atoms with Gasteiger partial charge in [-0.25, -0.2) is 4.39 Å². The van der Waals surface area contributed by atoms with E-state index in [1.165, 1.54) is 11.6 Å². The Bertz CT molecular complexity index is 1020. The van der Waals surface area contributed by atoms with Crippen LogP contribution in [0.1, 0.15) is 30.9 Å². The van der Waals surface area contributed by atoms with Gasteiger partial charge in [0.05, 0.1) is 4.48 Å². The maximum Gasteiger partial charge on any atom is 0.168 e. The third kappa shape index (κ3) is 6.50. The molecule has 0 radical (unpaired) electrons. The van der Waals surface area contributed by atoms with E-state index in [1.54, 1.807) is 13.0 Å². The summed E-state index contributed by atoms with van der Waals surface area (Å²) in [7, 11) is 2.00. The van der Waals surface area contributed by atoms with Gasteiger partial charge in [0.2, 0.25) is 0 Å². The average molecular weight is 497 g/mol. The summed E-state index contributed by atoms with van der Waals surface area (Å²) in [5, 5.41) is 0. The molecule has 2 aromatic carbocycles. The van der Waals surface area contributed by atoms with Crippen LogP contribution >= 0.6 is 15.9 Å². The Balaban J connectivity index is 1.67. The maximum absolute atomic E-state index is 14.0. The van der Waals surface area contributed by atoms with Gasteiger partial charge < -0.3 is 4.90 Å². The lowest BCUT2D eigenvalue weighted by Crippen LogP contribution is -2.37. The molecule has 3 nitrogen and oxygen atoms in total. The van der Waals surface area contributed by atoms with Crippen LogP contribution in [0.5, 0.6) is 0 Å². The molecule has 1 heterocycles. The number of Topliss-reactive ketones (excluding diaryl/α,β-unsaturated/α-hetero) is 1. The van der Waals surface area contributed by atoms with E-state index >= 15 is 0 Å². The van der Waals surface area contributed by atoms with Crippen LogP contribution in [0.15, 0.2) is 76.9 Å². The van der Waals surface area contributed by atoms with Crippen LogP contribution in [0.3, 0.4) is 0 Å². The van der Waals surface area contributed by atoms with Gasteiger partial charge in [-0.1, -0.05) is 66.8 Å². The van der Waals surface area contributed by atoms with Crippen molar-refractivity contribution in [3.8, 4) is 0 Å². The van der Waals surface area contributed by atoms with Crippen LogP contribution in [0.2, 0.25) is 0 Å². The first-order valence-electron chi connectivity index (χ1n) is 10.9. The number of allylic oxidation sites excluding steroid dienone is 1. The fourth-order valence-electron chi connectivity index (χ4n) is 3.87. The molecule has 0 saturated carbocycles. The fourth-order valence-corrected chi connectivity index (χ4v) is 4.30. The summed E-state index contributed by atoms with van der Waals surface area (Å²) < 4.78 is 14.6. The minimum atomic E-state index is -0.182. The van der Waals surface area contributed by atoms with Crippen molar-refractivity contribution in [2.45, 2.75) is 19.8 Å². The Hall–Kier alpha value is -2.50. The van der Waals surface area contributed by atoms with Gasteiger partial charge in [-0.2, -0.15) is 0 Å². The fraction of sp³-hybridized carbons (Fsp3) is 0.296. The van der Waals surface area contributed by atoms with Crippen LogP contribution in [-0.4, -0.2) is 48.8 Å². The van der Waals surface area contributed by atoms with E-state index < -0.39 is 0 Å². The molecule has 1 aliphatic heterocycles. The number of halogens is 2. The van der Waals surface area contributed by atoms with Crippen LogP contribution in [-0.2, 0) is 4.79 Å². The van der Waals surface area contributed by atoms with Crippen LogP contribution in [0, 0.1) is 5.82 Å². The number of likely N-dealkylation sites (tertiary alicyclic amines) is 1. The molecule has 0 bridgehead atoms. The number of piperidine rings is 1. The van der Waals surface area contributed by atoms with E-state index in [-0.39, 0.29) is 11.6 Å². The predicted molar refractivity (Wildman–Crippen MR) is 135 cm³/mol.